The molecule has 0 saturated carbocycles. The Bertz CT molecular complexity index is 671. The number of rotatable bonds is 1. The molecule has 0 amide bonds. The molecule has 1 heterocycles. The smallest absolute Gasteiger partial charge is 0.127 e. The lowest BCUT2D eigenvalue weighted by atomic mass is 9.89. The summed E-state index contributed by atoms with van der Waals surface area (Å²) in [5.41, 5.74) is 5.63. The average molecular weight is 303 g/mol. The molecule has 3 rings (SSSR count). The van der Waals surface area contributed by atoms with Gasteiger partial charge in [0.15, 0.2) is 0 Å². The third kappa shape index (κ3) is 2.66. The molecule has 2 unspecified atom stereocenters. The number of halogens is 1. The highest BCUT2D eigenvalue weighted by molar-refractivity contribution is 6.30. The molecule has 1 aliphatic rings. The van der Waals surface area contributed by atoms with Crippen molar-refractivity contribution in [3.05, 3.63) is 63.2 Å². The van der Waals surface area contributed by atoms with Crippen LogP contribution in [0.15, 0.2) is 30.3 Å². The lowest BCUT2D eigenvalue weighted by Gasteiger charge is -2.32. The van der Waals surface area contributed by atoms with Crippen LogP contribution in [0.2, 0.25) is 5.02 Å². The van der Waals surface area contributed by atoms with Gasteiger partial charge >= 0.3 is 0 Å². The van der Waals surface area contributed by atoms with E-state index in [4.69, 9.17) is 16.3 Å². The van der Waals surface area contributed by atoms with Gasteiger partial charge in [-0.25, -0.2) is 0 Å². The van der Waals surface area contributed by atoms with Gasteiger partial charge in [0.1, 0.15) is 11.9 Å². The summed E-state index contributed by atoms with van der Waals surface area (Å²) in [5, 5.41) is 11.0. The predicted octanol–water partition coefficient (Wildman–Crippen LogP) is 4.82. The first kappa shape index (κ1) is 14.4. The van der Waals surface area contributed by atoms with E-state index in [0.29, 0.717) is 11.4 Å². The second kappa shape index (κ2) is 5.36. The van der Waals surface area contributed by atoms with Gasteiger partial charge in [0, 0.05) is 17.0 Å². The highest BCUT2D eigenvalue weighted by atomic mass is 35.5. The van der Waals surface area contributed by atoms with Crippen LogP contribution in [-0.4, -0.2) is 5.11 Å². The van der Waals surface area contributed by atoms with E-state index in [9.17, 15) is 5.11 Å². The molecule has 0 saturated heterocycles. The van der Waals surface area contributed by atoms with Crippen LogP contribution in [0.5, 0.6) is 5.75 Å². The zero-order chi connectivity index (χ0) is 15.1. The van der Waals surface area contributed by atoms with Crippen LogP contribution in [0.4, 0.5) is 0 Å². The zero-order valence-electron chi connectivity index (χ0n) is 12.5. The molecule has 2 aromatic rings. The summed E-state index contributed by atoms with van der Waals surface area (Å²) in [7, 11) is 0. The normalized spacial score (nSPS) is 20.8. The van der Waals surface area contributed by atoms with E-state index in [-0.39, 0.29) is 6.10 Å². The Balaban J connectivity index is 2.02. The molecule has 110 valence electrons. The number of hydrogen-bond donors (Lipinski definition) is 1. The van der Waals surface area contributed by atoms with Crippen molar-refractivity contribution in [2.45, 2.75) is 39.4 Å². The summed E-state index contributed by atoms with van der Waals surface area (Å²) in [6.07, 6.45) is -0.107. The third-order valence-electron chi connectivity index (χ3n) is 4.10. The quantitative estimate of drug-likeness (QED) is 0.818. The first-order valence-corrected chi connectivity index (χ1v) is 7.55. The Morgan fingerprint density at radius 2 is 1.76 bits per heavy atom. The second-order valence-corrected chi connectivity index (χ2v) is 6.29. The number of ether oxygens (including phenoxy) is 1. The SMILES string of the molecule is Cc1cc(C)c(C2CC(O)c3cc(Cl)ccc3O2)c(C)c1. The highest BCUT2D eigenvalue weighted by Gasteiger charge is 2.30. The standard InChI is InChI=1S/C18H19ClO2/c1-10-6-11(2)18(12(3)7-10)17-9-15(20)14-8-13(19)4-5-16(14)21-17/h4-8,15,17,20H,9H2,1-3H3. The van der Waals surface area contributed by atoms with Crippen molar-refractivity contribution in [1.82, 2.24) is 0 Å². The molecule has 0 aliphatic carbocycles. The van der Waals surface area contributed by atoms with Gasteiger partial charge in [-0.1, -0.05) is 29.3 Å². The molecule has 0 radical (unpaired) electrons. The van der Waals surface area contributed by atoms with Crippen LogP contribution >= 0.6 is 11.6 Å². The van der Waals surface area contributed by atoms with Crippen molar-refractivity contribution in [1.29, 1.82) is 0 Å². The number of aliphatic hydroxyl groups is 1. The maximum Gasteiger partial charge on any atom is 0.127 e. The van der Waals surface area contributed by atoms with E-state index >= 15 is 0 Å². The number of aryl methyl sites for hydroxylation is 3. The van der Waals surface area contributed by atoms with Gasteiger partial charge in [0.05, 0.1) is 6.10 Å². The Hall–Kier alpha value is -1.51. The summed E-state index contributed by atoms with van der Waals surface area (Å²) in [5.74, 6) is 0.725. The Morgan fingerprint density at radius 1 is 1.10 bits per heavy atom. The van der Waals surface area contributed by atoms with E-state index in [1.807, 2.05) is 6.07 Å². The summed E-state index contributed by atoms with van der Waals surface area (Å²) < 4.78 is 6.13. The van der Waals surface area contributed by atoms with Crippen molar-refractivity contribution in [2.75, 3.05) is 0 Å². The summed E-state index contributed by atoms with van der Waals surface area (Å²) in [6.45, 7) is 6.29. The summed E-state index contributed by atoms with van der Waals surface area (Å²) in [6, 6.07) is 9.74. The Morgan fingerprint density at radius 3 is 2.43 bits per heavy atom. The molecule has 0 bridgehead atoms. The van der Waals surface area contributed by atoms with Crippen molar-refractivity contribution in [2.24, 2.45) is 0 Å². The van der Waals surface area contributed by atoms with Crippen LogP contribution < -0.4 is 4.74 Å². The molecule has 1 N–H and O–H groups in total. The van der Waals surface area contributed by atoms with Gasteiger partial charge in [-0.2, -0.15) is 0 Å². The van der Waals surface area contributed by atoms with E-state index < -0.39 is 6.10 Å². The van der Waals surface area contributed by atoms with E-state index in [1.54, 1.807) is 12.1 Å². The van der Waals surface area contributed by atoms with Crippen LogP contribution in [0.1, 0.15) is 46.4 Å². The second-order valence-electron chi connectivity index (χ2n) is 5.85. The third-order valence-corrected chi connectivity index (χ3v) is 4.33. The first-order chi connectivity index (χ1) is 9.95. The zero-order valence-corrected chi connectivity index (χ0v) is 13.2. The Labute approximate surface area is 130 Å². The molecular formula is C18H19ClO2. The van der Waals surface area contributed by atoms with E-state index in [2.05, 4.69) is 32.9 Å². The number of fused-ring (bicyclic) bond motifs is 1. The van der Waals surface area contributed by atoms with Crippen molar-refractivity contribution < 1.29 is 9.84 Å². The van der Waals surface area contributed by atoms with E-state index in [1.165, 1.54) is 22.3 Å². The van der Waals surface area contributed by atoms with Crippen molar-refractivity contribution >= 4 is 11.6 Å². The molecule has 0 aromatic heterocycles. The molecule has 2 atom stereocenters. The van der Waals surface area contributed by atoms with Gasteiger partial charge in [0.2, 0.25) is 0 Å². The van der Waals surface area contributed by atoms with Gasteiger partial charge in [0.25, 0.3) is 0 Å². The minimum Gasteiger partial charge on any atom is -0.485 e. The van der Waals surface area contributed by atoms with Gasteiger partial charge in [-0.15, -0.1) is 0 Å². The Kier molecular flexibility index (Phi) is 3.68. The molecule has 2 aromatic carbocycles. The first-order valence-electron chi connectivity index (χ1n) is 7.17. The van der Waals surface area contributed by atoms with Gasteiger partial charge < -0.3 is 9.84 Å². The number of aliphatic hydroxyl groups excluding tert-OH is 1. The summed E-state index contributed by atoms with van der Waals surface area (Å²) >= 11 is 6.00. The fourth-order valence-corrected chi connectivity index (χ4v) is 3.47. The van der Waals surface area contributed by atoms with E-state index in [0.717, 1.165) is 11.3 Å². The van der Waals surface area contributed by atoms with Crippen LogP contribution in [0, 0.1) is 20.8 Å². The van der Waals surface area contributed by atoms with Crippen LogP contribution in [-0.2, 0) is 0 Å². The van der Waals surface area contributed by atoms with Gasteiger partial charge in [-0.05, 0) is 55.7 Å². The average Bonchev–Trinajstić information content (AvgIpc) is 2.38. The largest absolute Gasteiger partial charge is 0.485 e. The topological polar surface area (TPSA) is 29.5 Å². The number of benzene rings is 2. The molecule has 3 heteroatoms. The minimum absolute atomic E-state index is 0.116. The fraction of sp³-hybridized carbons (Fsp3) is 0.333. The summed E-state index contributed by atoms with van der Waals surface area (Å²) in [4.78, 5) is 0. The van der Waals surface area contributed by atoms with Crippen LogP contribution in [0.3, 0.4) is 0 Å². The predicted molar refractivity (Wildman–Crippen MR) is 85.1 cm³/mol. The molecule has 0 fully saturated rings. The lowest BCUT2D eigenvalue weighted by molar-refractivity contribution is 0.0652. The molecule has 2 nitrogen and oxygen atoms in total. The minimum atomic E-state index is -0.544. The maximum absolute atomic E-state index is 10.4. The van der Waals surface area contributed by atoms with Gasteiger partial charge in [-0.3, -0.25) is 0 Å². The maximum atomic E-state index is 10.4. The van der Waals surface area contributed by atoms with Crippen molar-refractivity contribution in [3.63, 3.8) is 0 Å². The van der Waals surface area contributed by atoms with Crippen LogP contribution in [0.25, 0.3) is 0 Å². The molecule has 1 aliphatic heterocycles. The molecule has 0 spiro atoms. The molecule has 21 heavy (non-hydrogen) atoms. The number of hydrogen-bond acceptors (Lipinski definition) is 2. The monoisotopic (exact) mass is 302 g/mol. The molecular weight excluding hydrogens is 284 g/mol. The lowest BCUT2D eigenvalue weighted by Crippen LogP contribution is -2.20. The fourth-order valence-electron chi connectivity index (χ4n) is 3.29. The highest BCUT2D eigenvalue weighted by Crippen LogP contribution is 2.43. The van der Waals surface area contributed by atoms with Crippen molar-refractivity contribution in [3.8, 4) is 5.75 Å².